The first-order valence-corrected chi connectivity index (χ1v) is 5.03. The molecule has 1 heterocycles. The Labute approximate surface area is 80.4 Å². The molecule has 1 radical (unpaired) electrons. The Morgan fingerprint density at radius 2 is 1.92 bits per heavy atom. The molecule has 0 amide bonds. The Morgan fingerprint density at radius 3 is 2.62 bits per heavy atom. The van der Waals surface area contributed by atoms with Crippen LogP contribution in [0.1, 0.15) is 19.3 Å². The van der Waals surface area contributed by atoms with Crippen LogP contribution in [-0.2, 0) is 0 Å². The fourth-order valence-electron chi connectivity index (χ4n) is 1.96. The summed E-state index contributed by atoms with van der Waals surface area (Å²) in [5.41, 5.74) is 1.32. The first-order chi connectivity index (χ1) is 6.38. The molecular weight excluding hydrogens is 158 g/mol. The first kappa shape index (κ1) is 8.61. The molecule has 0 N–H and O–H groups in total. The minimum atomic E-state index is 0.469. The van der Waals surface area contributed by atoms with Gasteiger partial charge in [-0.1, -0.05) is 18.2 Å². The van der Waals surface area contributed by atoms with Crippen LogP contribution in [0.2, 0.25) is 0 Å². The van der Waals surface area contributed by atoms with E-state index >= 15 is 0 Å². The molecule has 1 aliphatic heterocycles. The van der Waals surface area contributed by atoms with Crippen LogP contribution in [0.4, 0.5) is 5.69 Å². The molecule has 0 aliphatic carbocycles. The topological polar surface area (TPSA) is 3.24 Å². The van der Waals surface area contributed by atoms with Crippen LogP contribution in [-0.4, -0.2) is 12.6 Å². The third-order valence-electron chi connectivity index (χ3n) is 2.71. The number of para-hydroxylation sites is 1. The summed E-state index contributed by atoms with van der Waals surface area (Å²) in [5.74, 6) is 0. The van der Waals surface area contributed by atoms with Gasteiger partial charge in [0.05, 0.1) is 0 Å². The number of nitrogens with zero attached hydrogens (tertiary/aromatic N) is 1. The molecule has 0 bridgehead atoms. The zero-order valence-corrected chi connectivity index (χ0v) is 7.95. The first-order valence-electron chi connectivity index (χ1n) is 5.03. The maximum atomic E-state index is 4.18. The lowest BCUT2D eigenvalue weighted by Crippen LogP contribution is -2.37. The number of hydrogen-bond donors (Lipinski definition) is 0. The van der Waals surface area contributed by atoms with E-state index in [-0.39, 0.29) is 0 Å². The summed E-state index contributed by atoms with van der Waals surface area (Å²) < 4.78 is 0. The quantitative estimate of drug-likeness (QED) is 0.632. The standard InChI is InChI=1S/C12H16N/c1-11-7-5-6-10-13(11)12-8-3-2-4-9-12/h2-4,8-9,11H,1,5-7,10H2. The molecule has 0 saturated carbocycles. The second-order valence-electron chi connectivity index (χ2n) is 3.68. The molecule has 0 aromatic heterocycles. The predicted molar refractivity (Wildman–Crippen MR) is 56.8 cm³/mol. The minimum absolute atomic E-state index is 0.469. The zero-order valence-electron chi connectivity index (χ0n) is 7.95. The van der Waals surface area contributed by atoms with E-state index in [0.29, 0.717) is 6.04 Å². The molecule has 1 unspecified atom stereocenters. The van der Waals surface area contributed by atoms with E-state index in [1.165, 1.54) is 24.9 Å². The van der Waals surface area contributed by atoms with Gasteiger partial charge < -0.3 is 4.90 Å². The van der Waals surface area contributed by atoms with Gasteiger partial charge in [0.25, 0.3) is 0 Å². The van der Waals surface area contributed by atoms with Crippen molar-refractivity contribution in [1.82, 2.24) is 0 Å². The SMILES string of the molecule is [CH2]C1CCCCN1c1ccccc1. The number of benzene rings is 1. The smallest absolute Gasteiger partial charge is 0.0368 e. The molecule has 1 nitrogen and oxygen atoms in total. The Kier molecular flexibility index (Phi) is 2.53. The average Bonchev–Trinajstić information content (AvgIpc) is 2.20. The Balaban J connectivity index is 2.15. The molecule has 69 valence electrons. The molecule has 0 spiro atoms. The van der Waals surface area contributed by atoms with E-state index in [9.17, 15) is 0 Å². The van der Waals surface area contributed by atoms with Crippen molar-refractivity contribution in [2.24, 2.45) is 0 Å². The van der Waals surface area contributed by atoms with E-state index < -0.39 is 0 Å². The summed E-state index contributed by atoms with van der Waals surface area (Å²) in [4.78, 5) is 2.41. The van der Waals surface area contributed by atoms with Gasteiger partial charge in [-0.05, 0) is 38.3 Å². The maximum absolute atomic E-state index is 4.18. The monoisotopic (exact) mass is 174 g/mol. The van der Waals surface area contributed by atoms with E-state index in [1.807, 2.05) is 0 Å². The molecular formula is C12H16N. The highest BCUT2D eigenvalue weighted by atomic mass is 15.2. The molecule has 13 heavy (non-hydrogen) atoms. The van der Waals surface area contributed by atoms with Crippen LogP contribution in [0.15, 0.2) is 30.3 Å². The normalized spacial score (nSPS) is 23.2. The van der Waals surface area contributed by atoms with Gasteiger partial charge in [0.15, 0.2) is 0 Å². The number of anilines is 1. The van der Waals surface area contributed by atoms with E-state index in [1.54, 1.807) is 0 Å². The van der Waals surface area contributed by atoms with Gasteiger partial charge in [-0.25, -0.2) is 0 Å². The lowest BCUT2D eigenvalue weighted by atomic mass is 10.0. The predicted octanol–water partition coefficient (Wildman–Crippen LogP) is 2.88. The van der Waals surface area contributed by atoms with Crippen molar-refractivity contribution in [2.75, 3.05) is 11.4 Å². The molecule has 2 rings (SSSR count). The third-order valence-corrected chi connectivity index (χ3v) is 2.71. The van der Waals surface area contributed by atoms with E-state index in [4.69, 9.17) is 0 Å². The summed E-state index contributed by atoms with van der Waals surface area (Å²) in [6.45, 7) is 5.35. The molecule has 1 heteroatoms. The Bertz CT molecular complexity index is 255. The fraction of sp³-hybridized carbons (Fsp3) is 0.417. The lowest BCUT2D eigenvalue weighted by molar-refractivity contribution is 0.512. The van der Waals surface area contributed by atoms with Crippen LogP contribution >= 0.6 is 0 Å². The van der Waals surface area contributed by atoms with Crippen LogP contribution in [0.3, 0.4) is 0 Å². The van der Waals surface area contributed by atoms with Crippen LogP contribution in [0.25, 0.3) is 0 Å². The van der Waals surface area contributed by atoms with Crippen molar-refractivity contribution >= 4 is 5.69 Å². The fourth-order valence-corrected chi connectivity index (χ4v) is 1.96. The van der Waals surface area contributed by atoms with Gasteiger partial charge in [-0.2, -0.15) is 0 Å². The van der Waals surface area contributed by atoms with Crippen molar-refractivity contribution in [3.63, 3.8) is 0 Å². The molecule has 1 fully saturated rings. The maximum Gasteiger partial charge on any atom is 0.0368 e. The largest absolute Gasteiger partial charge is 0.369 e. The van der Waals surface area contributed by atoms with E-state index in [2.05, 4.69) is 42.2 Å². The molecule has 1 saturated heterocycles. The molecule has 1 aromatic carbocycles. The van der Waals surface area contributed by atoms with Crippen LogP contribution in [0.5, 0.6) is 0 Å². The molecule has 1 aromatic rings. The van der Waals surface area contributed by atoms with Crippen LogP contribution < -0.4 is 4.90 Å². The second kappa shape index (κ2) is 3.82. The number of piperidine rings is 1. The van der Waals surface area contributed by atoms with Crippen molar-refractivity contribution in [2.45, 2.75) is 25.3 Å². The Morgan fingerprint density at radius 1 is 1.15 bits per heavy atom. The second-order valence-corrected chi connectivity index (χ2v) is 3.68. The minimum Gasteiger partial charge on any atom is -0.369 e. The van der Waals surface area contributed by atoms with Crippen molar-refractivity contribution in [1.29, 1.82) is 0 Å². The van der Waals surface area contributed by atoms with Gasteiger partial charge in [0, 0.05) is 18.3 Å². The van der Waals surface area contributed by atoms with Crippen LogP contribution in [0, 0.1) is 6.92 Å². The summed E-state index contributed by atoms with van der Waals surface area (Å²) in [5, 5.41) is 0. The van der Waals surface area contributed by atoms with E-state index in [0.717, 1.165) is 6.54 Å². The van der Waals surface area contributed by atoms with Gasteiger partial charge in [0.2, 0.25) is 0 Å². The van der Waals surface area contributed by atoms with Crippen molar-refractivity contribution in [3.05, 3.63) is 37.3 Å². The van der Waals surface area contributed by atoms with Crippen molar-refractivity contribution < 1.29 is 0 Å². The van der Waals surface area contributed by atoms with Gasteiger partial charge in [-0.15, -0.1) is 0 Å². The summed E-state index contributed by atoms with van der Waals surface area (Å²) in [6, 6.07) is 11.1. The highest BCUT2D eigenvalue weighted by Gasteiger charge is 2.17. The summed E-state index contributed by atoms with van der Waals surface area (Å²) in [6.07, 6.45) is 3.87. The third kappa shape index (κ3) is 1.85. The molecule has 1 aliphatic rings. The zero-order chi connectivity index (χ0) is 9.10. The molecule has 1 atom stereocenters. The summed E-state index contributed by atoms with van der Waals surface area (Å²) in [7, 11) is 0. The Hall–Kier alpha value is -0.980. The van der Waals surface area contributed by atoms with Gasteiger partial charge >= 0.3 is 0 Å². The number of hydrogen-bond acceptors (Lipinski definition) is 1. The highest BCUT2D eigenvalue weighted by molar-refractivity contribution is 5.47. The highest BCUT2D eigenvalue weighted by Crippen LogP contribution is 2.23. The average molecular weight is 174 g/mol. The van der Waals surface area contributed by atoms with Gasteiger partial charge in [0.1, 0.15) is 0 Å². The summed E-state index contributed by atoms with van der Waals surface area (Å²) >= 11 is 0. The lowest BCUT2D eigenvalue weighted by Gasteiger charge is -2.35. The number of rotatable bonds is 1. The van der Waals surface area contributed by atoms with Crippen molar-refractivity contribution in [3.8, 4) is 0 Å². The van der Waals surface area contributed by atoms with Gasteiger partial charge in [-0.3, -0.25) is 0 Å².